The van der Waals surface area contributed by atoms with Crippen molar-refractivity contribution >= 4 is 41.0 Å². The molecule has 0 aromatic heterocycles. The maximum Gasteiger partial charge on any atom is 0.453 e. The van der Waals surface area contributed by atoms with Crippen LogP contribution in [0.4, 0.5) is 26.7 Å². The molecule has 14 heteroatoms. The summed E-state index contributed by atoms with van der Waals surface area (Å²) < 4.78 is 69.2. The molecule has 234 valence electrons. The van der Waals surface area contributed by atoms with Gasteiger partial charge in [-0.2, -0.15) is 22.0 Å². The lowest BCUT2D eigenvalue weighted by Crippen LogP contribution is -2.62. The molecule has 0 radical (unpaired) electrons. The van der Waals surface area contributed by atoms with E-state index in [0.717, 1.165) is 17.7 Å². The Bertz CT molecular complexity index is 1200. The van der Waals surface area contributed by atoms with Crippen molar-refractivity contribution in [2.45, 2.75) is 69.0 Å². The lowest BCUT2D eigenvalue weighted by atomic mass is 9.72. The third kappa shape index (κ3) is 6.36. The second-order valence-electron chi connectivity index (χ2n) is 11.8. The highest BCUT2D eigenvalue weighted by Gasteiger charge is 2.58. The van der Waals surface area contributed by atoms with Crippen LogP contribution in [-0.4, -0.2) is 85.1 Å². The minimum atomic E-state index is -5.70. The van der Waals surface area contributed by atoms with Crippen molar-refractivity contribution in [1.82, 2.24) is 15.1 Å². The molecule has 0 spiro atoms. The Hall–Kier alpha value is -2.18. The molecule has 1 aromatic carbocycles. The first kappa shape index (κ1) is 32.7. The Kier molecular flexibility index (Phi) is 9.41. The molecule has 0 unspecified atom stereocenters. The van der Waals surface area contributed by atoms with Crippen LogP contribution in [0, 0.1) is 11.3 Å². The number of rotatable bonds is 9. The van der Waals surface area contributed by atoms with E-state index in [0.29, 0.717) is 36.5 Å². The number of ether oxygens (including phenoxy) is 1. The van der Waals surface area contributed by atoms with Crippen molar-refractivity contribution < 1.29 is 41.1 Å². The molecule has 3 aliphatic rings. The molecule has 2 saturated heterocycles. The highest BCUT2D eigenvalue weighted by atomic mass is 35.5. The molecule has 1 saturated carbocycles. The van der Waals surface area contributed by atoms with Crippen LogP contribution in [0.15, 0.2) is 18.2 Å². The smallest absolute Gasteiger partial charge is 0.449 e. The molecule has 4 rings (SSSR count). The number of alkyl halides is 5. The Labute approximate surface area is 251 Å². The Morgan fingerprint density at radius 3 is 2.31 bits per heavy atom. The summed E-state index contributed by atoms with van der Waals surface area (Å²) >= 11 is 12.4. The molecule has 2 atom stereocenters. The quantitative estimate of drug-likeness (QED) is 0.261. The lowest BCUT2D eigenvalue weighted by molar-refractivity contribution is -0.284. The summed E-state index contributed by atoms with van der Waals surface area (Å²) in [5.41, 5.74) is -1.19. The average molecular weight is 642 g/mol. The number of likely N-dealkylation sites (N-methyl/N-ethyl adjacent to an activating group) is 1. The number of hydrogen-bond donors (Lipinski definition) is 1. The van der Waals surface area contributed by atoms with Crippen LogP contribution in [0.25, 0.3) is 0 Å². The van der Waals surface area contributed by atoms with Crippen LogP contribution in [0.3, 0.4) is 0 Å². The molecular weight excluding hydrogens is 608 g/mol. The van der Waals surface area contributed by atoms with Gasteiger partial charge in [-0.3, -0.25) is 14.5 Å². The van der Waals surface area contributed by atoms with Crippen LogP contribution < -0.4 is 5.32 Å². The molecule has 2 heterocycles. The number of carbonyl (C=O) groups is 3. The van der Waals surface area contributed by atoms with Gasteiger partial charge in [0.1, 0.15) is 5.54 Å². The summed E-state index contributed by atoms with van der Waals surface area (Å²) in [6, 6.07) is 4.89. The Balaban J connectivity index is 1.54. The predicted molar refractivity (Wildman–Crippen MR) is 146 cm³/mol. The summed E-state index contributed by atoms with van der Waals surface area (Å²) in [5.74, 6) is -6.18. The van der Waals surface area contributed by atoms with Gasteiger partial charge in [0.2, 0.25) is 5.91 Å². The van der Waals surface area contributed by atoms with Gasteiger partial charge in [0.25, 0.3) is 0 Å². The van der Waals surface area contributed by atoms with Crippen molar-refractivity contribution in [1.29, 1.82) is 0 Å². The molecule has 1 aliphatic carbocycles. The van der Waals surface area contributed by atoms with Gasteiger partial charge >= 0.3 is 18.2 Å². The number of Topliss-reactive ketones (excluding diaryl/α,β-unsaturated/α-hetero) is 1. The van der Waals surface area contributed by atoms with Gasteiger partial charge in [-0.15, -0.1) is 0 Å². The van der Waals surface area contributed by atoms with Gasteiger partial charge in [-0.25, -0.2) is 4.79 Å². The zero-order valence-corrected chi connectivity index (χ0v) is 24.8. The number of benzene rings is 1. The zero-order chi connectivity index (χ0) is 31.1. The number of nitrogens with zero attached hydrogens (tertiary/aromatic N) is 2. The standard InChI is InChI=1S/C28H34Cl2F5N3O4/c1-25(9-10-25)23(40)38-11-6-17(7-12-38)22(39)26(16-36-15-19(26)18-4-5-20(29)21(30)14-18)37(2)24(41)42-13-3-8-27(31,32)28(33,34)35/h4-5,14,17,19,36H,3,6-13,15-16H2,1-2H3/t19-,26+/m1/s1. The van der Waals surface area contributed by atoms with Crippen LogP contribution in [0.2, 0.25) is 10.0 Å². The Morgan fingerprint density at radius 1 is 1.10 bits per heavy atom. The maximum atomic E-state index is 14.4. The molecule has 7 nitrogen and oxygen atoms in total. The summed E-state index contributed by atoms with van der Waals surface area (Å²) in [7, 11) is 1.36. The molecule has 0 bridgehead atoms. The van der Waals surface area contributed by atoms with Crippen molar-refractivity contribution in [3.8, 4) is 0 Å². The number of amides is 2. The van der Waals surface area contributed by atoms with E-state index in [1.54, 1.807) is 23.1 Å². The van der Waals surface area contributed by atoms with Crippen LogP contribution in [0.5, 0.6) is 0 Å². The van der Waals surface area contributed by atoms with Crippen molar-refractivity contribution in [2.75, 3.05) is 39.8 Å². The zero-order valence-electron chi connectivity index (χ0n) is 23.3. The highest BCUT2D eigenvalue weighted by Crippen LogP contribution is 2.47. The van der Waals surface area contributed by atoms with Gasteiger partial charge in [0.15, 0.2) is 5.78 Å². The number of likely N-dealkylation sites (tertiary alicyclic amines) is 1. The fourth-order valence-corrected chi connectivity index (χ4v) is 6.24. The molecular formula is C28H34Cl2F5N3O4. The fraction of sp³-hybridized carbons (Fsp3) is 0.679. The number of piperidine rings is 1. The van der Waals surface area contributed by atoms with E-state index >= 15 is 0 Å². The van der Waals surface area contributed by atoms with E-state index < -0.39 is 55.0 Å². The van der Waals surface area contributed by atoms with E-state index in [1.807, 2.05) is 6.92 Å². The summed E-state index contributed by atoms with van der Waals surface area (Å²) in [6.45, 7) is 2.36. The molecule has 2 amide bonds. The SMILES string of the molecule is CN(C(=O)OCCCC(F)(F)C(F)(F)F)[C@@]1(C(=O)C2CCN(C(=O)C3(C)CC3)CC2)CNC[C@@H]1c1ccc(Cl)c(Cl)c1. The minimum absolute atomic E-state index is 0.0473. The molecule has 3 fully saturated rings. The predicted octanol–water partition coefficient (Wildman–Crippen LogP) is 6.07. The van der Waals surface area contributed by atoms with Crippen molar-refractivity contribution in [2.24, 2.45) is 11.3 Å². The number of halogens is 7. The van der Waals surface area contributed by atoms with Crippen molar-refractivity contribution in [3.05, 3.63) is 33.8 Å². The second-order valence-corrected chi connectivity index (χ2v) is 12.6. The van der Waals surface area contributed by atoms with E-state index in [4.69, 9.17) is 27.9 Å². The van der Waals surface area contributed by atoms with Crippen LogP contribution >= 0.6 is 23.2 Å². The number of nitrogens with one attached hydrogen (secondary N) is 1. The molecule has 1 N–H and O–H groups in total. The van der Waals surface area contributed by atoms with E-state index in [2.05, 4.69) is 5.32 Å². The van der Waals surface area contributed by atoms with Crippen LogP contribution in [-0.2, 0) is 14.3 Å². The third-order valence-electron chi connectivity index (χ3n) is 8.91. The maximum absolute atomic E-state index is 14.4. The molecule has 42 heavy (non-hydrogen) atoms. The first-order valence-electron chi connectivity index (χ1n) is 13.9. The van der Waals surface area contributed by atoms with Gasteiger partial charge in [0, 0.05) is 56.9 Å². The summed E-state index contributed by atoms with van der Waals surface area (Å²) in [4.78, 5) is 43.3. The fourth-order valence-electron chi connectivity index (χ4n) is 5.93. The van der Waals surface area contributed by atoms with Gasteiger partial charge in [-0.1, -0.05) is 36.2 Å². The van der Waals surface area contributed by atoms with Crippen LogP contribution in [0.1, 0.15) is 56.9 Å². The third-order valence-corrected chi connectivity index (χ3v) is 9.65. The number of ketones is 1. The topological polar surface area (TPSA) is 79.0 Å². The monoisotopic (exact) mass is 641 g/mol. The molecule has 2 aliphatic heterocycles. The first-order chi connectivity index (χ1) is 19.5. The Morgan fingerprint density at radius 2 is 1.74 bits per heavy atom. The minimum Gasteiger partial charge on any atom is -0.449 e. The highest BCUT2D eigenvalue weighted by molar-refractivity contribution is 6.42. The largest absolute Gasteiger partial charge is 0.453 e. The molecule has 1 aromatic rings. The van der Waals surface area contributed by atoms with Gasteiger partial charge in [0.05, 0.1) is 16.7 Å². The van der Waals surface area contributed by atoms with Gasteiger partial charge < -0.3 is 15.0 Å². The lowest BCUT2D eigenvalue weighted by Gasteiger charge is -2.44. The van der Waals surface area contributed by atoms with Crippen molar-refractivity contribution in [3.63, 3.8) is 0 Å². The van der Waals surface area contributed by atoms with E-state index in [1.165, 1.54) is 7.05 Å². The summed E-state index contributed by atoms with van der Waals surface area (Å²) in [6.07, 6.45) is -6.53. The van der Waals surface area contributed by atoms with E-state index in [-0.39, 0.29) is 35.2 Å². The van der Waals surface area contributed by atoms with E-state index in [9.17, 15) is 36.3 Å². The summed E-state index contributed by atoms with van der Waals surface area (Å²) in [5, 5.41) is 3.72. The number of hydrogen-bond acceptors (Lipinski definition) is 5. The number of carbonyl (C=O) groups excluding carboxylic acids is 3. The first-order valence-corrected chi connectivity index (χ1v) is 14.6. The average Bonchev–Trinajstić information content (AvgIpc) is 3.54. The normalized spacial score (nSPS) is 24.4. The van der Waals surface area contributed by atoms with Gasteiger partial charge in [-0.05, 0) is 49.8 Å². The second kappa shape index (κ2) is 12.1.